The summed E-state index contributed by atoms with van der Waals surface area (Å²) in [5.41, 5.74) is 0. The van der Waals surface area contributed by atoms with Crippen LogP contribution in [0.15, 0.2) is 0 Å². The van der Waals surface area contributed by atoms with Gasteiger partial charge in [0.1, 0.15) is 0 Å². The topological polar surface area (TPSA) is 27.3 Å². The predicted molar refractivity (Wildman–Crippen MR) is 73.0 cm³/mol. The van der Waals surface area contributed by atoms with E-state index in [1.807, 2.05) is 0 Å². The molecule has 0 bridgehead atoms. The Kier molecular flexibility index (Phi) is 9.99. The van der Waals surface area contributed by atoms with Crippen LogP contribution in [0.2, 0.25) is 0 Å². The Morgan fingerprint density at radius 1 is 1.06 bits per heavy atom. The van der Waals surface area contributed by atoms with Gasteiger partial charge < -0.3 is 15.5 Å². The van der Waals surface area contributed by atoms with Crippen molar-refractivity contribution in [1.82, 2.24) is 15.5 Å². The molecule has 0 aromatic carbocycles. The fraction of sp³-hybridized carbons (Fsp3) is 1.00. The van der Waals surface area contributed by atoms with Gasteiger partial charge in [0.15, 0.2) is 0 Å². The minimum Gasteiger partial charge on any atom is -0.314 e. The molecule has 0 heterocycles. The molecule has 0 amide bonds. The van der Waals surface area contributed by atoms with Gasteiger partial charge >= 0.3 is 0 Å². The maximum absolute atomic E-state index is 3.63. The molecule has 16 heavy (non-hydrogen) atoms. The SMILES string of the molecule is CCC(CCNC(C)C)NCCN(C)CC. The molecule has 0 aliphatic heterocycles. The van der Waals surface area contributed by atoms with Crippen molar-refractivity contribution in [3.63, 3.8) is 0 Å². The van der Waals surface area contributed by atoms with Crippen molar-refractivity contribution < 1.29 is 0 Å². The molecule has 0 saturated carbocycles. The average molecular weight is 229 g/mol. The molecule has 3 nitrogen and oxygen atoms in total. The van der Waals surface area contributed by atoms with E-state index in [9.17, 15) is 0 Å². The van der Waals surface area contributed by atoms with Crippen LogP contribution in [-0.2, 0) is 0 Å². The predicted octanol–water partition coefficient (Wildman–Crippen LogP) is 1.69. The van der Waals surface area contributed by atoms with Gasteiger partial charge in [0, 0.05) is 25.2 Å². The highest BCUT2D eigenvalue weighted by atomic mass is 15.1. The molecule has 0 aliphatic carbocycles. The zero-order valence-electron chi connectivity index (χ0n) is 11.8. The summed E-state index contributed by atoms with van der Waals surface area (Å²) in [5.74, 6) is 0. The Hall–Kier alpha value is -0.120. The minimum atomic E-state index is 0.601. The molecular formula is C13H31N3. The molecule has 0 spiro atoms. The standard InChI is InChI=1S/C13H31N3/c1-6-13(8-9-14-12(3)4)15-10-11-16(5)7-2/h12-15H,6-11H2,1-5H3. The summed E-state index contributed by atoms with van der Waals surface area (Å²) in [6.07, 6.45) is 2.44. The summed E-state index contributed by atoms with van der Waals surface area (Å²) < 4.78 is 0. The summed E-state index contributed by atoms with van der Waals surface area (Å²) >= 11 is 0. The quantitative estimate of drug-likeness (QED) is 0.597. The Labute approximate surface area is 102 Å². The molecule has 0 rings (SSSR count). The number of hydrogen-bond donors (Lipinski definition) is 2. The van der Waals surface area contributed by atoms with Crippen LogP contribution in [0.5, 0.6) is 0 Å². The van der Waals surface area contributed by atoms with Crippen LogP contribution < -0.4 is 10.6 Å². The Morgan fingerprint density at radius 3 is 2.25 bits per heavy atom. The van der Waals surface area contributed by atoms with E-state index in [0.717, 1.165) is 26.2 Å². The van der Waals surface area contributed by atoms with Gasteiger partial charge in [-0.3, -0.25) is 0 Å². The van der Waals surface area contributed by atoms with Gasteiger partial charge in [0.25, 0.3) is 0 Å². The van der Waals surface area contributed by atoms with Crippen LogP contribution in [0.25, 0.3) is 0 Å². The van der Waals surface area contributed by atoms with Crippen molar-refractivity contribution in [3.05, 3.63) is 0 Å². The molecular weight excluding hydrogens is 198 g/mol. The lowest BCUT2D eigenvalue weighted by molar-refractivity contribution is 0.332. The van der Waals surface area contributed by atoms with Gasteiger partial charge in [-0.25, -0.2) is 0 Å². The van der Waals surface area contributed by atoms with E-state index in [1.54, 1.807) is 0 Å². The van der Waals surface area contributed by atoms with Crippen molar-refractivity contribution in [2.45, 2.75) is 52.6 Å². The number of hydrogen-bond acceptors (Lipinski definition) is 3. The zero-order chi connectivity index (χ0) is 12.4. The first-order valence-electron chi connectivity index (χ1n) is 6.75. The van der Waals surface area contributed by atoms with Gasteiger partial charge in [0.2, 0.25) is 0 Å². The third-order valence-corrected chi connectivity index (χ3v) is 3.00. The van der Waals surface area contributed by atoms with Crippen LogP contribution >= 0.6 is 0 Å². The highest BCUT2D eigenvalue weighted by Gasteiger charge is 2.05. The van der Waals surface area contributed by atoms with E-state index in [0.29, 0.717) is 12.1 Å². The summed E-state index contributed by atoms with van der Waals surface area (Å²) in [6.45, 7) is 13.4. The summed E-state index contributed by atoms with van der Waals surface area (Å²) in [7, 11) is 2.17. The van der Waals surface area contributed by atoms with Crippen molar-refractivity contribution in [2.75, 3.05) is 33.2 Å². The molecule has 0 saturated heterocycles. The van der Waals surface area contributed by atoms with E-state index in [1.165, 1.54) is 12.8 Å². The fourth-order valence-electron chi connectivity index (χ4n) is 1.61. The smallest absolute Gasteiger partial charge is 0.0104 e. The van der Waals surface area contributed by atoms with Gasteiger partial charge in [-0.05, 0) is 33.0 Å². The molecule has 0 fully saturated rings. The molecule has 0 aromatic rings. The number of nitrogens with zero attached hydrogens (tertiary/aromatic N) is 1. The van der Waals surface area contributed by atoms with Gasteiger partial charge in [0.05, 0.1) is 0 Å². The third-order valence-electron chi connectivity index (χ3n) is 3.00. The zero-order valence-corrected chi connectivity index (χ0v) is 11.8. The summed E-state index contributed by atoms with van der Waals surface area (Å²) in [5, 5.41) is 7.10. The van der Waals surface area contributed by atoms with E-state index in [4.69, 9.17) is 0 Å². The minimum absolute atomic E-state index is 0.601. The number of likely N-dealkylation sites (N-methyl/N-ethyl adjacent to an activating group) is 1. The molecule has 0 radical (unpaired) electrons. The highest BCUT2D eigenvalue weighted by molar-refractivity contribution is 4.68. The van der Waals surface area contributed by atoms with E-state index in [-0.39, 0.29) is 0 Å². The molecule has 3 heteroatoms. The molecule has 1 unspecified atom stereocenters. The normalized spacial score (nSPS) is 13.7. The van der Waals surface area contributed by atoms with Gasteiger partial charge in [-0.1, -0.05) is 27.7 Å². The second-order valence-corrected chi connectivity index (χ2v) is 4.85. The Morgan fingerprint density at radius 2 is 1.75 bits per heavy atom. The summed E-state index contributed by atoms with van der Waals surface area (Å²) in [6, 6.07) is 1.26. The Bertz CT molecular complexity index is 148. The lowest BCUT2D eigenvalue weighted by Crippen LogP contribution is -2.38. The molecule has 0 aliphatic rings. The summed E-state index contributed by atoms with van der Waals surface area (Å²) in [4.78, 5) is 2.34. The first kappa shape index (κ1) is 15.9. The third kappa shape index (κ3) is 9.13. The monoisotopic (exact) mass is 229 g/mol. The fourth-order valence-corrected chi connectivity index (χ4v) is 1.61. The lowest BCUT2D eigenvalue weighted by Gasteiger charge is -2.20. The molecule has 0 aromatic heterocycles. The molecule has 2 N–H and O–H groups in total. The van der Waals surface area contributed by atoms with Crippen molar-refractivity contribution >= 4 is 0 Å². The lowest BCUT2D eigenvalue weighted by atomic mass is 10.1. The second kappa shape index (κ2) is 10.1. The van der Waals surface area contributed by atoms with Crippen molar-refractivity contribution in [1.29, 1.82) is 0 Å². The first-order valence-corrected chi connectivity index (χ1v) is 6.75. The first-order chi connectivity index (χ1) is 7.60. The van der Waals surface area contributed by atoms with E-state index in [2.05, 4.69) is 50.3 Å². The molecule has 1 atom stereocenters. The van der Waals surface area contributed by atoms with Crippen LogP contribution in [0.3, 0.4) is 0 Å². The van der Waals surface area contributed by atoms with Gasteiger partial charge in [-0.2, -0.15) is 0 Å². The van der Waals surface area contributed by atoms with Crippen LogP contribution in [-0.4, -0.2) is 50.2 Å². The number of nitrogens with one attached hydrogen (secondary N) is 2. The van der Waals surface area contributed by atoms with Crippen LogP contribution in [0.4, 0.5) is 0 Å². The van der Waals surface area contributed by atoms with Crippen molar-refractivity contribution in [2.24, 2.45) is 0 Å². The van der Waals surface area contributed by atoms with Crippen LogP contribution in [0.1, 0.15) is 40.5 Å². The highest BCUT2D eigenvalue weighted by Crippen LogP contribution is 1.96. The Balaban J connectivity index is 3.51. The van der Waals surface area contributed by atoms with Crippen molar-refractivity contribution in [3.8, 4) is 0 Å². The maximum Gasteiger partial charge on any atom is 0.0104 e. The van der Waals surface area contributed by atoms with E-state index < -0.39 is 0 Å². The average Bonchev–Trinajstić information content (AvgIpc) is 2.26. The molecule has 98 valence electrons. The van der Waals surface area contributed by atoms with E-state index >= 15 is 0 Å². The number of rotatable bonds is 10. The largest absolute Gasteiger partial charge is 0.314 e. The van der Waals surface area contributed by atoms with Crippen LogP contribution in [0, 0.1) is 0 Å². The van der Waals surface area contributed by atoms with Gasteiger partial charge in [-0.15, -0.1) is 0 Å². The maximum atomic E-state index is 3.63. The second-order valence-electron chi connectivity index (χ2n) is 4.85.